The van der Waals surface area contributed by atoms with E-state index in [9.17, 15) is 4.79 Å². The van der Waals surface area contributed by atoms with Gasteiger partial charge in [-0.05, 0) is 48.0 Å². The Morgan fingerprint density at radius 1 is 1.20 bits per heavy atom. The molecular formula is C19H22N2O4. The molecule has 6 heteroatoms. The molecule has 0 aromatic heterocycles. The van der Waals surface area contributed by atoms with E-state index in [1.807, 2.05) is 42.5 Å². The van der Waals surface area contributed by atoms with Crippen LogP contribution >= 0.6 is 0 Å². The van der Waals surface area contributed by atoms with Gasteiger partial charge in [0.2, 0.25) is 0 Å². The first-order valence-electron chi connectivity index (χ1n) is 8.20. The zero-order chi connectivity index (χ0) is 17.6. The third kappa shape index (κ3) is 4.35. The van der Waals surface area contributed by atoms with E-state index in [4.69, 9.17) is 14.2 Å². The Morgan fingerprint density at radius 3 is 2.72 bits per heavy atom. The van der Waals surface area contributed by atoms with Crippen LogP contribution in [0.25, 0.3) is 0 Å². The summed E-state index contributed by atoms with van der Waals surface area (Å²) < 4.78 is 16.2. The Balaban J connectivity index is 1.45. The number of anilines is 1. The molecule has 25 heavy (non-hydrogen) atoms. The molecule has 0 aliphatic carbocycles. The molecule has 3 rings (SSSR count). The summed E-state index contributed by atoms with van der Waals surface area (Å²) in [6, 6.07) is 12.9. The molecule has 0 atom stereocenters. The van der Waals surface area contributed by atoms with Crippen LogP contribution < -0.4 is 19.5 Å². The molecule has 0 fully saturated rings. The first-order valence-corrected chi connectivity index (χ1v) is 8.20. The molecule has 0 saturated heterocycles. The van der Waals surface area contributed by atoms with Crippen LogP contribution in [0.5, 0.6) is 17.2 Å². The van der Waals surface area contributed by atoms with Crippen molar-refractivity contribution in [3.63, 3.8) is 0 Å². The standard InChI is InChI=1S/C19H22N2O4/c1-21(10-12-24-17-6-4-16(23-2)5-7-17)19(22)20-15-3-8-18-14(13-15)9-11-25-18/h3-8,13H,9-12H2,1-2H3,(H,20,22). The molecular weight excluding hydrogens is 320 g/mol. The quantitative estimate of drug-likeness (QED) is 0.876. The average molecular weight is 342 g/mol. The molecule has 6 nitrogen and oxygen atoms in total. The number of methoxy groups -OCH3 is 1. The number of rotatable bonds is 6. The lowest BCUT2D eigenvalue weighted by Crippen LogP contribution is -2.34. The van der Waals surface area contributed by atoms with Gasteiger partial charge < -0.3 is 24.4 Å². The highest BCUT2D eigenvalue weighted by atomic mass is 16.5. The predicted octanol–water partition coefficient (Wildman–Crippen LogP) is 3.17. The second kappa shape index (κ2) is 7.79. The first-order chi connectivity index (χ1) is 12.2. The summed E-state index contributed by atoms with van der Waals surface area (Å²) in [7, 11) is 3.36. The molecule has 2 aromatic rings. The molecule has 2 aromatic carbocycles. The van der Waals surface area contributed by atoms with E-state index in [1.54, 1.807) is 19.1 Å². The zero-order valence-electron chi connectivity index (χ0n) is 14.5. The van der Waals surface area contributed by atoms with Gasteiger partial charge in [0.1, 0.15) is 23.9 Å². The fourth-order valence-corrected chi connectivity index (χ4v) is 2.56. The van der Waals surface area contributed by atoms with Crippen LogP contribution in [0.15, 0.2) is 42.5 Å². The van der Waals surface area contributed by atoms with Crippen molar-refractivity contribution in [3.05, 3.63) is 48.0 Å². The Morgan fingerprint density at radius 2 is 1.96 bits per heavy atom. The highest BCUT2D eigenvalue weighted by molar-refractivity contribution is 5.89. The lowest BCUT2D eigenvalue weighted by Gasteiger charge is -2.18. The topological polar surface area (TPSA) is 60.0 Å². The van der Waals surface area contributed by atoms with Crippen LogP contribution in [-0.4, -0.2) is 44.8 Å². The van der Waals surface area contributed by atoms with Gasteiger partial charge in [-0.3, -0.25) is 0 Å². The molecule has 0 spiro atoms. The number of carbonyl (C=O) groups excluding carboxylic acids is 1. The number of benzene rings is 2. The summed E-state index contributed by atoms with van der Waals surface area (Å²) in [4.78, 5) is 13.8. The van der Waals surface area contributed by atoms with Crippen LogP contribution in [0, 0.1) is 0 Å². The van der Waals surface area contributed by atoms with Gasteiger partial charge in [0.05, 0.1) is 20.3 Å². The third-order valence-corrected chi connectivity index (χ3v) is 4.04. The Bertz CT molecular complexity index is 731. The SMILES string of the molecule is COc1ccc(OCCN(C)C(=O)Nc2ccc3c(c2)CCO3)cc1. The number of likely N-dealkylation sites (N-methyl/N-ethyl adjacent to an activating group) is 1. The van der Waals surface area contributed by atoms with Crippen molar-refractivity contribution >= 4 is 11.7 Å². The van der Waals surface area contributed by atoms with Gasteiger partial charge in [-0.25, -0.2) is 4.79 Å². The molecule has 1 N–H and O–H groups in total. The Labute approximate surface area is 147 Å². The summed E-state index contributed by atoms with van der Waals surface area (Å²) >= 11 is 0. The minimum atomic E-state index is -0.169. The van der Waals surface area contributed by atoms with Gasteiger partial charge in [-0.2, -0.15) is 0 Å². The van der Waals surface area contributed by atoms with Crippen molar-refractivity contribution in [1.29, 1.82) is 0 Å². The van der Waals surface area contributed by atoms with Crippen LogP contribution in [-0.2, 0) is 6.42 Å². The van der Waals surface area contributed by atoms with Crippen LogP contribution in [0.1, 0.15) is 5.56 Å². The third-order valence-electron chi connectivity index (χ3n) is 4.04. The zero-order valence-corrected chi connectivity index (χ0v) is 14.5. The van der Waals surface area contributed by atoms with Crippen molar-refractivity contribution in [1.82, 2.24) is 4.90 Å². The normalized spacial score (nSPS) is 12.1. The Kier molecular flexibility index (Phi) is 5.28. The maximum absolute atomic E-state index is 12.2. The van der Waals surface area contributed by atoms with E-state index in [0.717, 1.165) is 34.9 Å². The highest BCUT2D eigenvalue weighted by Gasteiger charge is 2.14. The van der Waals surface area contributed by atoms with E-state index in [-0.39, 0.29) is 6.03 Å². The number of hydrogen-bond donors (Lipinski definition) is 1. The number of hydrogen-bond acceptors (Lipinski definition) is 4. The van der Waals surface area contributed by atoms with Crippen molar-refractivity contribution in [3.8, 4) is 17.2 Å². The number of fused-ring (bicyclic) bond motifs is 1. The van der Waals surface area contributed by atoms with E-state index in [2.05, 4.69) is 5.32 Å². The number of ether oxygens (including phenoxy) is 3. The fraction of sp³-hybridized carbons (Fsp3) is 0.316. The number of carbonyl (C=O) groups is 1. The van der Waals surface area contributed by atoms with Crippen molar-refractivity contribution in [2.24, 2.45) is 0 Å². The van der Waals surface area contributed by atoms with E-state index in [0.29, 0.717) is 19.8 Å². The molecule has 2 amide bonds. The van der Waals surface area contributed by atoms with Crippen LogP contribution in [0.2, 0.25) is 0 Å². The van der Waals surface area contributed by atoms with Gasteiger partial charge in [-0.1, -0.05) is 0 Å². The number of urea groups is 1. The summed E-state index contributed by atoms with van der Waals surface area (Å²) in [6.07, 6.45) is 0.880. The summed E-state index contributed by atoms with van der Waals surface area (Å²) in [5.41, 5.74) is 1.90. The lowest BCUT2D eigenvalue weighted by atomic mass is 10.1. The molecule has 0 bridgehead atoms. The van der Waals surface area contributed by atoms with Gasteiger partial charge in [0.25, 0.3) is 0 Å². The molecule has 1 aliphatic heterocycles. The lowest BCUT2D eigenvalue weighted by molar-refractivity contribution is 0.207. The van der Waals surface area contributed by atoms with E-state index in [1.165, 1.54) is 0 Å². The minimum Gasteiger partial charge on any atom is -0.497 e. The van der Waals surface area contributed by atoms with Gasteiger partial charge in [0.15, 0.2) is 0 Å². The van der Waals surface area contributed by atoms with Crippen molar-refractivity contribution < 1.29 is 19.0 Å². The second-order valence-electron chi connectivity index (χ2n) is 5.80. The van der Waals surface area contributed by atoms with Crippen LogP contribution in [0.4, 0.5) is 10.5 Å². The largest absolute Gasteiger partial charge is 0.497 e. The summed E-state index contributed by atoms with van der Waals surface area (Å²) in [6.45, 7) is 1.59. The average Bonchev–Trinajstić information content (AvgIpc) is 3.10. The Hall–Kier alpha value is -2.89. The van der Waals surface area contributed by atoms with Crippen molar-refractivity contribution in [2.45, 2.75) is 6.42 Å². The van der Waals surface area contributed by atoms with Gasteiger partial charge >= 0.3 is 6.03 Å². The summed E-state index contributed by atoms with van der Waals surface area (Å²) in [5.74, 6) is 2.43. The fourth-order valence-electron chi connectivity index (χ4n) is 2.56. The predicted molar refractivity (Wildman–Crippen MR) is 95.8 cm³/mol. The van der Waals surface area contributed by atoms with Gasteiger partial charge in [0, 0.05) is 19.2 Å². The number of amides is 2. The molecule has 132 valence electrons. The van der Waals surface area contributed by atoms with Crippen molar-refractivity contribution in [2.75, 3.05) is 39.2 Å². The monoisotopic (exact) mass is 342 g/mol. The van der Waals surface area contributed by atoms with Crippen LogP contribution in [0.3, 0.4) is 0 Å². The smallest absolute Gasteiger partial charge is 0.321 e. The molecule has 0 unspecified atom stereocenters. The molecule has 0 saturated carbocycles. The number of nitrogens with zero attached hydrogens (tertiary/aromatic N) is 1. The second-order valence-corrected chi connectivity index (χ2v) is 5.80. The maximum Gasteiger partial charge on any atom is 0.321 e. The molecule has 1 heterocycles. The minimum absolute atomic E-state index is 0.169. The maximum atomic E-state index is 12.2. The molecule has 1 aliphatic rings. The number of nitrogens with one attached hydrogen (secondary N) is 1. The first kappa shape index (κ1) is 17.0. The molecule has 0 radical (unpaired) electrons. The van der Waals surface area contributed by atoms with Gasteiger partial charge in [-0.15, -0.1) is 0 Å². The highest BCUT2D eigenvalue weighted by Crippen LogP contribution is 2.27. The summed E-state index contributed by atoms with van der Waals surface area (Å²) in [5, 5.41) is 2.89. The van der Waals surface area contributed by atoms with E-state index >= 15 is 0 Å². The van der Waals surface area contributed by atoms with E-state index < -0.39 is 0 Å².